The number of benzene rings is 6. The van der Waals surface area contributed by atoms with Crippen molar-refractivity contribution in [2.24, 2.45) is 0 Å². The van der Waals surface area contributed by atoms with Gasteiger partial charge in [-0.3, -0.25) is 0 Å². The SMILES string of the molecule is Cc1ccc2c(-c3cc4ccc(C(C)(C)C)cc4cc3C(C)(C)C)c(P(O)(O)(O)c3cc4ccc(C(C)(C)C)cc4cc3C(C)(C)C)c(C)cc2c1. The van der Waals surface area contributed by atoms with Crippen LogP contribution in [0.1, 0.15) is 116 Å². The zero-order valence-electron chi connectivity index (χ0n) is 33.9. The molecule has 0 fully saturated rings. The summed E-state index contributed by atoms with van der Waals surface area (Å²) in [5.41, 5.74) is 6.72. The van der Waals surface area contributed by atoms with Gasteiger partial charge in [0, 0.05) is 0 Å². The molecule has 0 saturated carbocycles. The Kier molecular flexibility index (Phi) is 8.77. The van der Waals surface area contributed by atoms with E-state index < -0.39 is 12.7 Å². The van der Waals surface area contributed by atoms with Crippen LogP contribution in [-0.2, 0) is 21.7 Å². The van der Waals surface area contributed by atoms with E-state index in [9.17, 15) is 14.7 Å². The van der Waals surface area contributed by atoms with E-state index in [4.69, 9.17) is 0 Å². The summed E-state index contributed by atoms with van der Waals surface area (Å²) in [5, 5.41) is 6.34. The molecule has 6 rings (SSSR count). The zero-order valence-corrected chi connectivity index (χ0v) is 34.8. The van der Waals surface area contributed by atoms with Crippen molar-refractivity contribution in [1.82, 2.24) is 0 Å². The minimum atomic E-state index is -5.89. The molecule has 0 saturated heterocycles. The van der Waals surface area contributed by atoms with Gasteiger partial charge in [0.2, 0.25) is 0 Å². The summed E-state index contributed by atoms with van der Waals surface area (Å²) in [6.45, 7) is 30.1. The van der Waals surface area contributed by atoms with E-state index in [0.29, 0.717) is 11.1 Å². The average Bonchev–Trinajstić information content (AvgIpc) is 3.00. The fourth-order valence-electron chi connectivity index (χ4n) is 7.86. The molecular formula is C48H59O3P. The fourth-order valence-corrected chi connectivity index (χ4v) is 10.7. The molecule has 0 aromatic heterocycles. The molecular weight excluding hydrogens is 655 g/mol. The standard InChI is InChI=1S/C48H59O3P/c1-29-15-20-38-35(21-29)22-30(2)44(43(38)39-25-31-16-18-36(45(3,4)5)23-33(31)26-40(39)47(9,10)11)52(49,50,51)42-28-32-17-19-37(46(6,7)8)24-34(32)27-41(42)48(12,13)14/h15-28,49-51H,1-14H3. The normalized spacial score (nSPS) is 14.3. The van der Waals surface area contributed by atoms with Crippen molar-refractivity contribution < 1.29 is 14.7 Å². The van der Waals surface area contributed by atoms with Gasteiger partial charge in [-0.1, -0.05) is 0 Å². The Balaban J connectivity index is 1.79. The van der Waals surface area contributed by atoms with Crippen LogP contribution >= 0.6 is 7.28 Å². The van der Waals surface area contributed by atoms with E-state index in [2.05, 4.69) is 157 Å². The number of fused-ring (bicyclic) bond motifs is 3. The second-order valence-electron chi connectivity index (χ2n) is 19.5. The van der Waals surface area contributed by atoms with Crippen LogP contribution in [0, 0.1) is 13.8 Å². The average molecular weight is 715 g/mol. The van der Waals surface area contributed by atoms with Crippen LogP contribution in [0.2, 0.25) is 0 Å². The van der Waals surface area contributed by atoms with E-state index in [1.54, 1.807) is 0 Å². The van der Waals surface area contributed by atoms with Crippen LogP contribution in [-0.4, -0.2) is 14.7 Å². The minimum absolute atomic E-state index is 0.00657. The molecule has 0 amide bonds. The van der Waals surface area contributed by atoms with Crippen molar-refractivity contribution in [2.75, 3.05) is 0 Å². The van der Waals surface area contributed by atoms with E-state index >= 15 is 0 Å². The molecule has 0 radical (unpaired) electrons. The molecule has 3 N–H and O–H groups in total. The van der Waals surface area contributed by atoms with Gasteiger partial charge in [0.05, 0.1) is 0 Å². The fraction of sp³-hybridized carbons (Fsp3) is 0.375. The van der Waals surface area contributed by atoms with Crippen LogP contribution < -0.4 is 10.6 Å². The molecule has 3 nitrogen and oxygen atoms in total. The number of hydrogen-bond donors (Lipinski definition) is 3. The predicted octanol–water partition coefficient (Wildman–Crippen LogP) is 11.8. The van der Waals surface area contributed by atoms with Gasteiger partial charge in [0.15, 0.2) is 0 Å². The molecule has 0 atom stereocenters. The molecule has 0 bridgehead atoms. The van der Waals surface area contributed by atoms with Crippen molar-refractivity contribution in [1.29, 1.82) is 0 Å². The Labute approximate surface area is 311 Å². The predicted molar refractivity (Wildman–Crippen MR) is 228 cm³/mol. The summed E-state index contributed by atoms with van der Waals surface area (Å²) >= 11 is 0. The molecule has 52 heavy (non-hydrogen) atoms. The van der Waals surface area contributed by atoms with E-state index in [-0.39, 0.29) is 26.9 Å². The number of hydrogen-bond acceptors (Lipinski definition) is 3. The molecule has 6 aromatic carbocycles. The van der Waals surface area contributed by atoms with Crippen LogP contribution in [0.15, 0.2) is 84.9 Å². The van der Waals surface area contributed by atoms with Gasteiger partial charge in [-0.2, -0.15) is 0 Å². The van der Waals surface area contributed by atoms with E-state index in [0.717, 1.165) is 54.6 Å². The summed E-state index contributed by atoms with van der Waals surface area (Å²) in [6, 6.07) is 29.7. The third-order valence-electron chi connectivity index (χ3n) is 10.9. The van der Waals surface area contributed by atoms with Crippen molar-refractivity contribution in [3.05, 3.63) is 118 Å². The molecule has 274 valence electrons. The first-order valence-electron chi connectivity index (χ1n) is 18.6. The Morgan fingerprint density at radius 1 is 0.442 bits per heavy atom. The van der Waals surface area contributed by atoms with Gasteiger partial charge in [0.1, 0.15) is 0 Å². The third-order valence-corrected chi connectivity index (χ3v) is 13.5. The Morgan fingerprint density at radius 2 is 0.942 bits per heavy atom. The first-order chi connectivity index (χ1) is 23.6. The van der Waals surface area contributed by atoms with Gasteiger partial charge in [-0.15, -0.1) is 0 Å². The quantitative estimate of drug-likeness (QED) is 0.160. The zero-order chi connectivity index (χ0) is 38.6. The molecule has 4 heteroatoms. The van der Waals surface area contributed by atoms with Gasteiger partial charge in [0.25, 0.3) is 0 Å². The Morgan fingerprint density at radius 3 is 1.44 bits per heavy atom. The maximum atomic E-state index is 13.1. The summed E-state index contributed by atoms with van der Waals surface area (Å²) in [7, 11) is -5.89. The molecule has 0 aliphatic heterocycles. The van der Waals surface area contributed by atoms with Gasteiger partial charge < -0.3 is 0 Å². The van der Waals surface area contributed by atoms with Crippen molar-refractivity contribution >= 4 is 50.2 Å². The molecule has 6 aromatic rings. The second kappa shape index (κ2) is 12.0. The number of rotatable bonds is 3. The summed E-state index contributed by atoms with van der Waals surface area (Å²) in [5.74, 6) is 0. The maximum absolute atomic E-state index is 13.1. The van der Waals surface area contributed by atoms with Gasteiger partial charge in [-0.05, 0) is 0 Å². The van der Waals surface area contributed by atoms with Crippen molar-refractivity contribution in [3.63, 3.8) is 0 Å². The van der Waals surface area contributed by atoms with Crippen LogP contribution in [0.4, 0.5) is 0 Å². The number of aryl methyl sites for hydroxylation is 2. The molecule has 0 unspecified atom stereocenters. The summed E-state index contributed by atoms with van der Waals surface area (Å²) in [6.07, 6.45) is 0. The van der Waals surface area contributed by atoms with Gasteiger partial charge in [-0.25, -0.2) is 0 Å². The van der Waals surface area contributed by atoms with Crippen LogP contribution in [0.25, 0.3) is 43.4 Å². The third kappa shape index (κ3) is 6.71. The van der Waals surface area contributed by atoms with Crippen LogP contribution in [0.3, 0.4) is 0 Å². The van der Waals surface area contributed by atoms with E-state index in [1.807, 2.05) is 25.1 Å². The van der Waals surface area contributed by atoms with Crippen LogP contribution in [0.5, 0.6) is 0 Å². The van der Waals surface area contributed by atoms with E-state index in [1.165, 1.54) is 11.1 Å². The first kappa shape index (κ1) is 38.1. The van der Waals surface area contributed by atoms with Crippen molar-refractivity contribution in [2.45, 2.75) is 119 Å². The monoisotopic (exact) mass is 714 g/mol. The topological polar surface area (TPSA) is 60.7 Å². The molecule has 0 aliphatic rings. The molecule has 0 aliphatic carbocycles. The molecule has 0 heterocycles. The summed E-state index contributed by atoms with van der Waals surface area (Å²) in [4.78, 5) is 39.4. The summed E-state index contributed by atoms with van der Waals surface area (Å²) < 4.78 is 0. The van der Waals surface area contributed by atoms with Crippen molar-refractivity contribution in [3.8, 4) is 11.1 Å². The first-order valence-corrected chi connectivity index (χ1v) is 20.7. The Hall–Kier alpha value is -3.59. The Bertz CT molecular complexity index is 2400. The molecule has 0 spiro atoms. The second-order valence-corrected chi connectivity index (χ2v) is 22.4. The van der Waals surface area contributed by atoms with Gasteiger partial charge >= 0.3 is 313 Å².